The minimum Gasteiger partial charge on any atom is -0.478 e. The van der Waals surface area contributed by atoms with Gasteiger partial charge in [-0.3, -0.25) is 4.90 Å². The molecule has 1 aliphatic heterocycles. The average molecular weight is 311 g/mol. The van der Waals surface area contributed by atoms with Crippen LogP contribution in [0.5, 0.6) is 0 Å². The van der Waals surface area contributed by atoms with Crippen molar-refractivity contribution in [1.29, 1.82) is 0 Å². The van der Waals surface area contributed by atoms with Gasteiger partial charge in [-0.05, 0) is 24.3 Å². The zero-order valence-electron chi connectivity index (χ0n) is 13.0. The fraction of sp³-hybridized carbons (Fsp3) is 0.278. The molecule has 0 saturated carbocycles. The minimum atomic E-state index is -0.901. The van der Waals surface area contributed by atoms with Crippen LogP contribution in [0.25, 0.3) is 0 Å². The van der Waals surface area contributed by atoms with Crippen LogP contribution < -0.4 is 10.2 Å². The van der Waals surface area contributed by atoms with Gasteiger partial charge in [0.2, 0.25) is 0 Å². The van der Waals surface area contributed by atoms with Gasteiger partial charge < -0.3 is 15.3 Å². The Morgan fingerprint density at radius 2 is 1.61 bits per heavy atom. The molecule has 0 unspecified atom stereocenters. The molecule has 5 nitrogen and oxygen atoms in total. The number of nitrogens with one attached hydrogen (secondary N) is 1. The van der Waals surface area contributed by atoms with E-state index in [4.69, 9.17) is 0 Å². The SMILES string of the molecule is O=C(O)c1ccccc1NCN1CCN(c2ccccc2)CC1. The molecule has 5 heteroatoms. The molecule has 3 rings (SSSR count). The predicted octanol–water partition coefficient (Wildman–Crippen LogP) is 2.58. The molecular weight excluding hydrogens is 290 g/mol. The Morgan fingerprint density at radius 3 is 2.30 bits per heavy atom. The maximum atomic E-state index is 11.2. The summed E-state index contributed by atoms with van der Waals surface area (Å²) >= 11 is 0. The molecule has 0 atom stereocenters. The first-order chi connectivity index (χ1) is 11.2. The number of hydrogen-bond donors (Lipinski definition) is 2. The highest BCUT2D eigenvalue weighted by Gasteiger charge is 2.17. The molecule has 2 aromatic carbocycles. The summed E-state index contributed by atoms with van der Waals surface area (Å²) < 4.78 is 0. The summed E-state index contributed by atoms with van der Waals surface area (Å²) in [6.45, 7) is 4.53. The van der Waals surface area contributed by atoms with Gasteiger partial charge in [0, 0.05) is 37.6 Å². The third-order valence-corrected chi connectivity index (χ3v) is 4.14. The molecule has 0 bridgehead atoms. The van der Waals surface area contributed by atoms with Crippen molar-refractivity contribution in [3.63, 3.8) is 0 Å². The van der Waals surface area contributed by atoms with Crippen LogP contribution >= 0.6 is 0 Å². The van der Waals surface area contributed by atoms with Gasteiger partial charge in [-0.2, -0.15) is 0 Å². The van der Waals surface area contributed by atoms with Gasteiger partial charge in [-0.25, -0.2) is 4.79 Å². The summed E-state index contributed by atoms with van der Waals surface area (Å²) in [7, 11) is 0. The van der Waals surface area contributed by atoms with Crippen LogP contribution in [0.2, 0.25) is 0 Å². The lowest BCUT2D eigenvalue weighted by Gasteiger charge is -2.36. The van der Waals surface area contributed by atoms with E-state index in [0.717, 1.165) is 26.2 Å². The Morgan fingerprint density at radius 1 is 0.957 bits per heavy atom. The highest BCUT2D eigenvalue weighted by atomic mass is 16.4. The summed E-state index contributed by atoms with van der Waals surface area (Å²) in [6, 6.07) is 17.5. The molecule has 23 heavy (non-hydrogen) atoms. The van der Waals surface area contributed by atoms with Crippen LogP contribution in [0.4, 0.5) is 11.4 Å². The molecular formula is C18H21N3O2. The number of nitrogens with zero attached hydrogens (tertiary/aromatic N) is 2. The topological polar surface area (TPSA) is 55.8 Å². The summed E-state index contributed by atoms with van der Waals surface area (Å²) in [5, 5.41) is 12.4. The van der Waals surface area contributed by atoms with Gasteiger partial charge in [0.05, 0.1) is 12.2 Å². The van der Waals surface area contributed by atoms with E-state index in [1.54, 1.807) is 12.1 Å². The summed E-state index contributed by atoms with van der Waals surface area (Å²) in [5.74, 6) is -0.901. The monoisotopic (exact) mass is 311 g/mol. The minimum absolute atomic E-state index is 0.315. The fourth-order valence-corrected chi connectivity index (χ4v) is 2.82. The second kappa shape index (κ2) is 7.15. The quantitative estimate of drug-likeness (QED) is 0.889. The van der Waals surface area contributed by atoms with Crippen molar-refractivity contribution >= 4 is 17.3 Å². The van der Waals surface area contributed by atoms with E-state index in [9.17, 15) is 9.90 Å². The summed E-state index contributed by atoms with van der Waals surface area (Å²) in [5.41, 5.74) is 2.25. The largest absolute Gasteiger partial charge is 0.478 e. The van der Waals surface area contributed by atoms with E-state index in [1.165, 1.54) is 5.69 Å². The summed E-state index contributed by atoms with van der Waals surface area (Å²) in [6.07, 6.45) is 0. The Kier molecular flexibility index (Phi) is 4.78. The number of carboxylic acid groups (broad SMARTS) is 1. The number of benzene rings is 2. The second-order valence-electron chi connectivity index (χ2n) is 5.63. The third kappa shape index (κ3) is 3.81. The number of rotatable bonds is 5. The molecule has 120 valence electrons. The Labute approximate surface area is 136 Å². The number of para-hydroxylation sites is 2. The molecule has 0 spiro atoms. The van der Waals surface area contributed by atoms with Gasteiger partial charge in [0.1, 0.15) is 0 Å². The molecule has 1 aliphatic rings. The zero-order valence-corrected chi connectivity index (χ0v) is 13.0. The molecule has 0 amide bonds. The standard InChI is InChI=1S/C18H21N3O2/c22-18(23)16-8-4-5-9-17(16)19-14-20-10-12-21(13-11-20)15-6-2-1-3-7-15/h1-9,19H,10-14H2,(H,22,23). The van der Waals surface area contributed by atoms with Gasteiger partial charge in [-0.15, -0.1) is 0 Å². The molecule has 1 fully saturated rings. The fourth-order valence-electron chi connectivity index (χ4n) is 2.82. The van der Waals surface area contributed by atoms with Gasteiger partial charge >= 0.3 is 5.97 Å². The normalized spacial score (nSPS) is 15.4. The van der Waals surface area contributed by atoms with Crippen LogP contribution in [0, 0.1) is 0 Å². The lowest BCUT2D eigenvalue weighted by atomic mass is 10.2. The van der Waals surface area contributed by atoms with Crippen molar-refractivity contribution < 1.29 is 9.90 Å². The molecule has 0 aliphatic carbocycles. The molecule has 2 N–H and O–H groups in total. The summed E-state index contributed by atoms with van der Waals surface area (Å²) in [4.78, 5) is 15.9. The molecule has 0 aromatic heterocycles. The number of aromatic carboxylic acids is 1. The second-order valence-corrected chi connectivity index (χ2v) is 5.63. The van der Waals surface area contributed by atoms with Gasteiger partial charge in [0.25, 0.3) is 0 Å². The highest BCUT2D eigenvalue weighted by Crippen LogP contribution is 2.17. The Hall–Kier alpha value is -2.53. The number of piperazine rings is 1. The van der Waals surface area contributed by atoms with E-state index in [1.807, 2.05) is 18.2 Å². The smallest absolute Gasteiger partial charge is 0.337 e. The molecule has 0 radical (unpaired) electrons. The lowest BCUT2D eigenvalue weighted by molar-refractivity contribution is 0.0698. The van der Waals surface area contributed by atoms with E-state index in [-0.39, 0.29) is 0 Å². The van der Waals surface area contributed by atoms with Crippen molar-refractivity contribution in [1.82, 2.24) is 4.90 Å². The molecule has 1 heterocycles. The maximum Gasteiger partial charge on any atom is 0.337 e. The number of carboxylic acids is 1. The highest BCUT2D eigenvalue weighted by molar-refractivity contribution is 5.94. The van der Waals surface area contributed by atoms with E-state index in [0.29, 0.717) is 17.9 Å². The van der Waals surface area contributed by atoms with Crippen molar-refractivity contribution in [2.75, 3.05) is 43.1 Å². The van der Waals surface area contributed by atoms with Gasteiger partial charge in [0.15, 0.2) is 0 Å². The van der Waals surface area contributed by atoms with Crippen molar-refractivity contribution in [2.45, 2.75) is 0 Å². The van der Waals surface area contributed by atoms with E-state index >= 15 is 0 Å². The van der Waals surface area contributed by atoms with Crippen molar-refractivity contribution in [2.24, 2.45) is 0 Å². The zero-order chi connectivity index (χ0) is 16.1. The van der Waals surface area contributed by atoms with Crippen LogP contribution in [-0.2, 0) is 0 Å². The number of hydrogen-bond acceptors (Lipinski definition) is 4. The lowest BCUT2D eigenvalue weighted by Crippen LogP contribution is -2.48. The van der Waals surface area contributed by atoms with Crippen molar-refractivity contribution in [3.8, 4) is 0 Å². The van der Waals surface area contributed by atoms with Crippen LogP contribution in [0.1, 0.15) is 10.4 Å². The first-order valence-electron chi connectivity index (χ1n) is 7.82. The molecule has 1 saturated heterocycles. The third-order valence-electron chi connectivity index (χ3n) is 4.14. The Balaban J connectivity index is 1.53. The first-order valence-corrected chi connectivity index (χ1v) is 7.82. The van der Waals surface area contributed by atoms with Crippen LogP contribution in [-0.4, -0.2) is 48.8 Å². The number of carbonyl (C=O) groups is 1. The van der Waals surface area contributed by atoms with E-state index in [2.05, 4.69) is 39.4 Å². The van der Waals surface area contributed by atoms with Crippen LogP contribution in [0.15, 0.2) is 54.6 Å². The maximum absolute atomic E-state index is 11.2. The van der Waals surface area contributed by atoms with Crippen LogP contribution in [0.3, 0.4) is 0 Å². The van der Waals surface area contributed by atoms with E-state index < -0.39 is 5.97 Å². The Bertz CT molecular complexity index is 652. The van der Waals surface area contributed by atoms with Gasteiger partial charge in [-0.1, -0.05) is 30.3 Å². The molecule has 2 aromatic rings. The predicted molar refractivity (Wildman–Crippen MR) is 92.1 cm³/mol. The number of anilines is 2. The van der Waals surface area contributed by atoms with Crippen molar-refractivity contribution in [3.05, 3.63) is 60.2 Å². The average Bonchev–Trinajstić information content (AvgIpc) is 2.61. The first kappa shape index (κ1) is 15.4.